The van der Waals surface area contributed by atoms with Crippen molar-refractivity contribution in [3.63, 3.8) is 0 Å². The molecule has 2 aromatic heterocycles. The lowest BCUT2D eigenvalue weighted by Crippen LogP contribution is -2.29. The average Bonchev–Trinajstić information content (AvgIpc) is 3.55. The molecule has 40 heavy (non-hydrogen) atoms. The summed E-state index contributed by atoms with van der Waals surface area (Å²) in [5.74, 6) is -2.12. The van der Waals surface area contributed by atoms with Crippen LogP contribution >= 0.6 is 23.1 Å². The Morgan fingerprint density at radius 2 is 1.88 bits per heavy atom. The fraction of sp³-hybridized carbons (Fsp3) is 0.100. The van der Waals surface area contributed by atoms with Crippen molar-refractivity contribution in [2.24, 2.45) is 0 Å². The summed E-state index contributed by atoms with van der Waals surface area (Å²) in [6, 6.07) is 20.8. The van der Waals surface area contributed by atoms with Gasteiger partial charge >= 0.3 is 5.91 Å². The van der Waals surface area contributed by atoms with Gasteiger partial charge in [0, 0.05) is 23.7 Å². The van der Waals surface area contributed by atoms with Crippen LogP contribution in [0.2, 0.25) is 0 Å². The molecule has 3 heterocycles. The summed E-state index contributed by atoms with van der Waals surface area (Å²) in [5.41, 5.74) is 1.96. The van der Waals surface area contributed by atoms with Gasteiger partial charge in [0.05, 0.1) is 11.6 Å². The van der Waals surface area contributed by atoms with Crippen LogP contribution in [0.5, 0.6) is 0 Å². The van der Waals surface area contributed by atoms with Crippen LogP contribution in [-0.4, -0.2) is 32.0 Å². The average molecular weight is 569 g/mol. The molecule has 7 nitrogen and oxygen atoms in total. The minimum Gasteiger partial charge on any atom is -0.507 e. The number of anilines is 1. The predicted octanol–water partition coefficient (Wildman–Crippen LogP) is 6.45. The van der Waals surface area contributed by atoms with E-state index in [0.717, 1.165) is 22.4 Å². The number of aliphatic hydroxyl groups is 1. The van der Waals surface area contributed by atoms with E-state index in [-0.39, 0.29) is 16.3 Å². The van der Waals surface area contributed by atoms with E-state index in [1.807, 2.05) is 18.2 Å². The topological polar surface area (TPSA) is 96.3 Å². The molecular formula is C30H21FN4O3S2. The van der Waals surface area contributed by atoms with Crippen LogP contribution in [0.4, 0.5) is 9.52 Å². The molecule has 198 valence electrons. The number of amides is 1. The smallest absolute Gasteiger partial charge is 0.301 e. The maximum absolute atomic E-state index is 14.3. The molecule has 1 fully saturated rings. The van der Waals surface area contributed by atoms with E-state index in [4.69, 9.17) is 0 Å². The Morgan fingerprint density at radius 3 is 2.67 bits per heavy atom. The van der Waals surface area contributed by atoms with E-state index in [0.29, 0.717) is 21.2 Å². The highest BCUT2D eigenvalue weighted by Gasteiger charge is 2.48. The number of benzene rings is 3. The fourth-order valence-electron chi connectivity index (χ4n) is 4.69. The number of carbonyl (C=O) groups is 2. The van der Waals surface area contributed by atoms with Crippen LogP contribution in [0.3, 0.4) is 0 Å². The molecule has 6 rings (SSSR count). The normalized spacial score (nSPS) is 16.6. The number of halogens is 1. The summed E-state index contributed by atoms with van der Waals surface area (Å²) in [5, 5.41) is 22.2. The van der Waals surface area contributed by atoms with Gasteiger partial charge in [0.1, 0.15) is 11.6 Å². The third kappa shape index (κ3) is 4.65. The van der Waals surface area contributed by atoms with Crippen LogP contribution in [0.25, 0.3) is 16.5 Å². The maximum atomic E-state index is 14.3. The summed E-state index contributed by atoms with van der Waals surface area (Å²) in [6.07, 6.45) is 3.09. The lowest BCUT2D eigenvalue weighted by Gasteiger charge is -2.22. The molecule has 10 heteroatoms. The number of hydrogen-bond acceptors (Lipinski definition) is 8. The molecule has 1 amide bonds. The zero-order valence-corrected chi connectivity index (χ0v) is 22.7. The van der Waals surface area contributed by atoms with Crippen molar-refractivity contribution in [3.8, 4) is 0 Å². The largest absolute Gasteiger partial charge is 0.507 e. The molecule has 1 saturated heterocycles. The second kappa shape index (κ2) is 10.6. The van der Waals surface area contributed by atoms with Gasteiger partial charge in [0.2, 0.25) is 5.13 Å². The van der Waals surface area contributed by atoms with Gasteiger partial charge in [0.25, 0.3) is 5.78 Å². The highest BCUT2D eigenvalue weighted by molar-refractivity contribution is 8.00. The van der Waals surface area contributed by atoms with E-state index >= 15 is 0 Å². The van der Waals surface area contributed by atoms with Crippen molar-refractivity contribution in [2.75, 3.05) is 4.90 Å². The number of hydrogen-bond donors (Lipinski definition) is 1. The van der Waals surface area contributed by atoms with Crippen LogP contribution in [0, 0.1) is 12.7 Å². The SMILES string of the molecule is Cc1ccc(C(O)=C2C(=O)C(=O)N(c3nnc(SCc4cccc5ccccc45)s3)C2c2cccnc2)cc1F. The summed E-state index contributed by atoms with van der Waals surface area (Å²) in [6.45, 7) is 1.60. The Morgan fingerprint density at radius 1 is 1.05 bits per heavy atom. The Hall–Kier alpha value is -4.41. The zero-order valence-electron chi connectivity index (χ0n) is 21.1. The highest BCUT2D eigenvalue weighted by Crippen LogP contribution is 2.44. The van der Waals surface area contributed by atoms with Crippen LogP contribution < -0.4 is 4.90 Å². The summed E-state index contributed by atoms with van der Waals surface area (Å²) in [7, 11) is 0. The summed E-state index contributed by atoms with van der Waals surface area (Å²) < 4.78 is 14.9. The quantitative estimate of drug-likeness (QED) is 0.0826. The van der Waals surface area contributed by atoms with E-state index in [1.54, 1.807) is 25.3 Å². The molecule has 1 aliphatic rings. The number of carbonyl (C=O) groups excluding carboxylic acids is 2. The molecule has 3 aromatic carbocycles. The van der Waals surface area contributed by atoms with Gasteiger partial charge in [-0.1, -0.05) is 83.8 Å². The Balaban J connectivity index is 1.36. The number of aromatic nitrogens is 3. The minimum absolute atomic E-state index is 0.0959. The minimum atomic E-state index is -1.01. The Labute approximate surface area is 237 Å². The number of pyridine rings is 1. The van der Waals surface area contributed by atoms with Crippen molar-refractivity contribution in [1.29, 1.82) is 0 Å². The van der Waals surface area contributed by atoms with Gasteiger partial charge in [-0.2, -0.15) is 0 Å². The lowest BCUT2D eigenvalue weighted by molar-refractivity contribution is -0.132. The van der Waals surface area contributed by atoms with Gasteiger partial charge in [-0.25, -0.2) is 4.39 Å². The Kier molecular flexibility index (Phi) is 6.87. The van der Waals surface area contributed by atoms with Crippen molar-refractivity contribution < 1.29 is 19.1 Å². The van der Waals surface area contributed by atoms with Crippen LogP contribution in [0.15, 0.2) is 95.1 Å². The number of nitrogens with zero attached hydrogens (tertiary/aromatic N) is 4. The monoisotopic (exact) mass is 568 g/mol. The molecule has 0 saturated carbocycles. The van der Waals surface area contributed by atoms with E-state index in [2.05, 4.69) is 39.4 Å². The molecule has 0 aliphatic carbocycles. The second-order valence-corrected chi connectivity index (χ2v) is 11.4. The van der Waals surface area contributed by atoms with Gasteiger partial charge in [0.15, 0.2) is 4.34 Å². The molecule has 0 radical (unpaired) electrons. The number of aryl methyl sites for hydroxylation is 1. The first-order valence-corrected chi connectivity index (χ1v) is 14.1. The van der Waals surface area contributed by atoms with Gasteiger partial charge in [-0.15, -0.1) is 10.2 Å². The number of Topliss-reactive ketones (excluding diaryl/α,β-unsaturated/α-hetero) is 1. The van der Waals surface area contributed by atoms with Crippen molar-refractivity contribution in [1.82, 2.24) is 15.2 Å². The Bertz CT molecular complexity index is 1800. The number of aliphatic hydroxyl groups excluding tert-OH is 1. The van der Waals surface area contributed by atoms with Gasteiger partial charge < -0.3 is 5.11 Å². The first-order valence-electron chi connectivity index (χ1n) is 12.3. The third-order valence-corrected chi connectivity index (χ3v) is 8.83. The highest BCUT2D eigenvalue weighted by atomic mass is 32.2. The van der Waals surface area contributed by atoms with Crippen LogP contribution in [0.1, 0.15) is 28.3 Å². The molecule has 1 atom stereocenters. The fourth-order valence-corrected chi connectivity index (χ4v) is 6.57. The molecular weight excluding hydrogens is 547 g/mol. The predicted molar refractivity (Wildman–Crippen MR) is 154 cm³/mol. The third-order valence-electron chi connectivity index (χ3n) is 6.72. The maximum Gasteiger partial charge on any atom is 0.301 e. The zero-order chi connectivity index (χ0) is 27.8. The number of thioether (sulfide) groups is 1. The lowest BCUT2D eigenvalue weighted by atomic mass is 9.96. The molecule has 1 N–H and O–H groups in total. The first kappa shape index (κ1) is 25.8. The van der Waals surface area contributed by atoms with Crippen molar-refractivity contribution >= 4 is 56.5 Å². The number of fused-ring (bicyclic) bond motifs is 1. The molecule has 5 aromatic rings. The standard InChI is InChI=1S/C30H21FN4O3S2/c1-17-11-12-19(14-23(17)31)26(36)24-25(20-9-5-13-32-15-20)35(28(38)27(24)37)29-33-34-30(40-29)39-16-21-8-4-7-18-6-2-3-10-22(18)21/h2-15,25,36H,16H2,1H3. The first-order chi connectivity index (χ1) is 19.4. The number of ketones is 1. The van der Waals surface area contributed by atoms with Gasteiger partial charge in [-0.3, -0.25) is 19.5 Å². The van der Waals surface area contributed by atoms with E-state index in [1.165, 1.54) is 46.3 Å². The molecule has 1 unspecified atom stereocenters. The van der Waals surface area contributed by atoms with E-state index < -0.39 is 29.3 Å². The summed E-state index contributed by atoms with van der Waals surface area (Å²) in [4.78, 5) is 32.0. The number of rotatable bonds is 6. The second-order valence-electron chi connectivity index (χ2n) is 9.20. The van der Waals surface area contributed by atoms with Gasteiger partial charge in [-0.05, 0) is 46.5 Å². The van der Waals surface area contributed by atoms with E-state index in [9.17, 15) is 19.1 Å². The van der Waals surface area contributed by atoms with Crippen molar-refractivity contribution in [3.05, 3.63) is 119 Å². The van der Waals surface area contributed by atoms with Crippen molar-refractivity contribution in [2.45, 2.75) is 23.1 Å². The summed E-state index contributed by atoms with van der Waals surface area (Å²) >= 11 is 2.66. The van der Waals surface area contributed by atoms with Crippen LogP contribution in [-0.2, 0) is 15.3 Å². The molecule has 0 bridgehead atoms. The molecule has 0 spiro atoms. The molecule has 1 aliphatic heterocycles.